The van der Waals surface area contributed by atoms with Crippen molar-refractivity contribution < 1.29 is 19.1 Å². The number of nitrogens with zero attached hydrogens (tertiary/aromatic N) is 2. The predicted octanol–water partition coefficient (Wildman–Crippen LogP) is 1.55. The average Bonchev–Trinajstić information content (AvgIpc) is 2.38. The number of amides is 1. The van der Waals surface area contributed by atoms with Crippen LogP contribution in [0.15, 0.2) is 18.3 Å². The Morgan fingerprint density at radius 2 is 2.21 bits per heavy atom. The molecule has 1 fully saturated rings. The molecule has 1 aromatic rings. The number of piperidine rings is 1. The summed E-state index contributed by atoms with van der Waals surface area (Å²) in [5, 5.41) is 8.97. The molecule has 1 aliphatic rings. The number of carboxylic acid groups (broad SMARTS) is 1. The Hall–Kier alpha value is -1.98. The summed E-state index contributed by atoms with van der Waals surface area (Å²) < 4.78 is 12.8. The van der Waals surface area contributed by atoms with Gasteiger partial charge in [-0.2, -0.15) is 0 Å². The van der Waals surface area contributed by atoms with Gasteiger partial charge < -0.3 is 10.0 Å². The minimum absolute atomic E-state index is 0.158. The number of aliphatic carboxylic acids is 1. The van der Waals surface area contributed by atoms with Crippen LogP contribution in [0.2, 0.25) is 0 Å². The summed E-state index contributed by atoms with van der Waals surface area (Å²) in [5.41, 5.74) is 0.182. The van der Waals surface area contributed by atoms with Gasteiger partial charge in [0.2, 0.25) is 0 Å². The summed E-state index contributed by atoms with van der Waals surface area (Å²) in [6, 6.07) is 2.37. The van der Waals surface area contributed by atoms with Crippen molar-refractivity contribution in [2.45, 2.75) is 25.8 Å². The van der Waals surface area contributed by atoms with Crippen LogP contribution in [0.25, 0.3) is 0 Å². The van der Waals surface area contributed by atoms with Crippen LogP contribution < -0.4 is 0 Å². The molecule has 0 saturated carbocycles. The zero-order valence-corrected chi connectivity index (χ0v) is 10.5. The quantitative estimate of drug-likeness (QED) is 0.881. The van der Waals surface area contributed by atoms with E-state index in [-0.39, 0.29) is 17.6 Å². The van der Waals surface area contributed by atoms with Crippen molar-refractivity contribution in [3.63, 3.8) is 0 Å². The van der Waals surface area contributed by atoms with Gasteiger partial charge in [0.15, 0.2) is 0 Å². The van der Waals surface area contributed by atoms with Gasteiger partial charge in [-0.25, -0.2) is 9.37 Å². The Kier molecular flexibility index (Phi) is 3.78. The number of likely N-dealkylation sites (tertiary alicyclic amines) is 1. The van der Waals surface area contributed by atoms with Crippen molar-refractivity contribution in [3.05, 3.63) is 29.8 Å². The second kappa shape index (κ2) is 5.34. The van der Waals surface area contributed by atoms with Crippen molar-refractivity contribution in [2.24, 2.45) is 5.92 Å². The molecule has 2 heterocycles. The minimum Gasteiger partial charge on any atom is -0.481 e. The van der Waals surface area contributed by atoms with Gasteiger partial charge >= 0.3 is 5.97 Å². The Balaban J connectivity index is 2.08. The van der Waals surface area contributed by atoms with Gasteiger partial charge in [-0.3, -0.25) is 9.59 Å². The lowest BCUT2D eigenvalue weighted by molar-refractivity contribution is -0.143. The molecule has 19 heavy (non-hydrogen) atoms. The third-order valence-electron chi connectivity index (χ3n) is 3.43. The first-order chi connectivity index (χ1) is 8.99. The topological polar surface area (TPSA) is 70.5 Å². The van der Waals surface area contributed by atoms with E-state index >= 15 is 0 Å². The highest BCUT2D eigenvalue weighted by Crippen LogP contribution is 2.24. The molecule has 1 N–H and O–H groups in total. The molecule has 2 rings (SSSR count). The number of hydrogen-bond acceptors (Lipinski definition) is 3. The van der Waals surface area contributed by atoms with Crippen LogP contribution in [0.3, 0.4) is 0 Å². The second-order valence-electron chi connectivity index (χ2n) is 4.77. The van der Waals surface area contributed by atoms with Crippen molar-refractivity contribution in [2.75, 3.05) is 6.54 Å². The summed E-state index contributed by atoms with van der Waals surface area (Å²) in [6.45, 7) is 2.20. The van der Waals surface area contributed by atoms with Gasteiger partial charge in [-0.05, 0) is 31.9 Å². The molecule has 0 aliphatic carbocycles. The first-order valence-electron chi connectivity index (χ1n) is 6.14. The summed E-state index contributed by atoms with van der Waals surface area (Å²) in [4.78, 5) is 28.5. The molecule has 2 unspecified atom stereocenters. The largest absolute Gasteiger partial charge is 0.481 e. The van der Waals surface area contributed by atoms with E-state index in [0.29, 0.717) is 19.4 Å². The molecule has 2 atom stereocenters. The van der Waals surface area contributed by atoms with Crippen molar-refractivity contribution in [3.8, 4) is 0 Å². The van der Waals surface area contributed by atoms with E-state index in [4.69, 9.17) is 5.11 Å². The Labute approximate surface area is 110 Å². The molecule has 0 spiro atoms. The monoisotopic (exact) mass is 266 g/mol. The van der Waals surface area contributed by atoms with Gasteiger partial charge in [0.25, 0.3) is 5.91 Å². The van der Waals surface area contributed by atoms with Gasteiger partial charge in [0.05, 0.1) is 12.1 Å². The summed E-state index contributed by atoms with van der Waals surface area (Å²) in [7, 11) is 0. The van der Waals surface area contributed by atoms with Crippen LogP contribution in [-0.4, -0.2) is 39.5 Å². The van der Waals surface area contributed by atoms with Crippen LogP contribution in [0, 0.1) is 11.7 Å². The first-order valence-corrected chi connectivity index (χ1v) is 6.14. The molecule has 0 bridgehead atoms. The molecule has 1 saturated heterocycles. The van der Waals surface area contributed by atoms with E-state index in [9.17, 15) is 14.0 Å². The molecule has 0 aromatic carbocycles. The van der Waals surface area contributed by atoms with Crippen LogP contribution >= 0.6 is 0 Å². The van der Waals surface area contributed by atoms with E-state index in [1.54, 1.807) is 4.90 Å². The standard InChI is InChI=1S/C13H15FN2O3/c1-8-6-9(13(18)19)4-5-16(8)12(17)11-3-2-10(14)7-15-11/h2-3,7-9H,4-6H2,1H3,(H,18,19). The Bertz CT molecular complexity index is 489. The Morgan fingerprint density at radius 3 is 2.74 bits per heavy atom. The minimum atomic E-state index is -0.821. The number of hydrogen-bond donors (Lipinski definition) is 1. The van der Waals surface area contributed by atoms with E-state index in [0.717, 1.165) is 6.20 Å². The van der Waals surface area contributed by atoms with Crippen LogP contribution in [0.1, 0.15) is 30.3 Å². The maximum Gasteiger partial charge on any atom is 0.306 e. The number of aromatic nitrogens is 1. The number of rotatable bonds is 2. The molecule has 6 heteroatoms. The van der Waals surface area contributed by atoms with E-state index in [1.807, 2.05) is 6.92 Å². The molecule has 0 radical (unpaired) electrons. The lowest BCUT2D eigenvalue weighted by Gasteiger charge is -2.36. The van der Waals surface area contributed by atoms with Crippen LogP contribution in [0.4, 0.5) is 4.39 Å². The molecular weight excluding hydrogens is 251 g/mol. The molecule has 1 aromatic heterocycles. The van der Waals surface area contributed by atoms with E-state index in [2.05, 4.69) is 4.98 Å². The summed E-state index contributed by atoms with van der Waals surface area (Å²) >= 11 is 0. The van der Waals surface area contributed by atoms with E-state index in [1.165, 1.54) is 12.1 Å². The fraction of sp³-hybridized carbons (Fsp3) is 0.462. The second-order valence-corrected chi connectivity index (χ2v) is 4.77. The lowest BCUT2D eigenvalue weighted by atomic mass is 9.91. The maximum absolute atomic E-state index is 12.8. The normalized spacial score (nSPS) is 23.2. The zero-order valence-electron chi connectivity index (χ0n) is 10.5. The fourth-order valence-corrected chi connectivity index (χ4v) is 2.35. The molecule has 5 nitrogen and oxygen atoms in total. The Morgan fingerprint density at radius 1 is 1.47 bits per heavy atom. The fourth-order valence-electron chi connectivity index (χ4n) is 2.35. The van der Waals surface area contributed by atoms with Crippen LogP contribution in [-0.2, 0) is 4.79 Å². The maximum atomic E-state index is 12.8. The number of pyridine rings is 1. The first kappa shape index (κ1) is 13.5. The lowest BCUT2D eigenvalue weighted by Crippen LogP contribution is -2.46. The van der Waals surface area contributed by atoms with Gasteiger partial charge in [-0.1, -0.05) is 0 Å². The number of carbonyl (C=O) groups is 2. The highest BCUT2D eigenvalue weighted by molar-refractivity contribution is 5.92. The molecule has 1 amide bonds. The highest BCUT2D eigenvalue weighted by atomic mass is 19.1. The molecule has 1 aliphatic heterocycles. The van der Waals surface area contributed by atoms with Gasteiger partial charge in [0.1, 0.15) is 11.5 Å². The number of halogens is 1. The predicted molar refractivity (Wildman–Crippen MR) is 65.1 cm³/mol. The SMILES string of the molecule is CC1CC(C(=O)O)CCN1C(=O)c1ccc(F)cn1. The average molecular weight is 266 g/mol. The van der Waals surface area contributed by atoms with Crippen molar-refractivity contribution in [1.82, 2.24) is 9.88 Å². The van der Waals surface area contributed by atoms with E-state index < -0.39 is 17.7 Å². The van der Waals surface area contributed by atoms with Gasteiger partial charge in [-0.15, -0.1) is 0 Å². The summed E-state index contributed by atoms with van der Waals surface area (Å²) in [6.07, 6.45) is 1.87. The summed E-state index contributed by atoms with van der Waals surface area (Å²) in [5.74, 6) is -2.00. The molecular formula is C13H15FN2O3. The molecule has 102 valence electrons. The number of carbonyl (C=O) groups excluding carboxylic acids is 1. The van der Waals surface area contributed by atoms with Crippen molar-refractivity contribution >= 4 is 11.9 Å². The number of carboxylic acids is 1. The zero-order chi connectivity index (χ0) is 14.0. The highest BCUT2D eigenvalue weighted by Gasteiger charge is 2.32. The van der Waals surface area contributed by atoms with Gasteiger partial charge in [0, 0.05) is 12.6 Å². The third-order valence-corrected chi connectivity index (χ3v) is 3.43. The smallest absolute Gasteiger partial charge is 0.306 e. The van der Waals surface area contributed by atoms with Crippen molar-refractivity contribution in [1.29, 1.82) is 0 Å². The third kappa shape index (κ3) is 2.89. The van der Waals surface area contributed by atoms with Crippen LogP contribution in [0.5, 0.6) is 0 Å².